The minimum Gasteiger partial charge on any atom is -0.333 e. The highest BCUT2D eigenvalue weighted by Crippen LogP contribution is 2.36. The average Bonchev–Trinajstić information content (AvgIpc) is 3.35. The van der Waals surface area contributed by atoms with Crippen LogP contribution >= 0.6 is 11.3 Å². The maximum atomic E-state index is 12.8. The summed E-state index contributed by atoms with van der Waals surface area (Å²) in [6.07, 6.45) is 2.31. The maximum Gasteiger partial charge on any atom is 0.224 e. The number of thiazole rings is 1. The second-order valence-electron chi connectivity index (χ2n) is 7.61. The highest BCUT2D eigenvalue weighted by Gasteiger charge is 2.32. The molecule has 3 aromatic rings. The molecule has 2 aromatic carbocycles. The highest BCUT2D eigenvalue weighted by atomic mass is 32.1. The summed E-state index contributed by atoms with van der Waals surface area (Å²) in [6.45, 7) is 4.79. The van der Waals surface area contributed by atoms with E-state index in [1.54, 1.807) is 11.3 Å². The molecule has 1 atom stereocenters. The number of fused-ring (bicyclic) bond motifs is 1. The number of para-hydroxylation sites is 1. The Kier molecular flexibility index (Phi) is 5.62. The molecular weight excluding hydrogens is 382 g/mol. The van der Waals surface area contributed by atoms with E-state index in [1.807, 2.05) is 55.1 Å². The van der Waals surface area contributed by atoms with Crippen LogP contribution in [0, 0.1) is 13.8 Å². The van der Waals surface area contributed by atoms with Gasteiger partial charge in [0.05, 0.1) is 16.3 Å². The fourth-order valence-corrected chi connectivity index (χ4v) is 4.88. The molecule has 1 N–H and O–H groups in total. The number of rotatable bonds is 5. The van der Waals surface area contributed by atoms with Crippen LogP contribution in [0.4, 0.5) is 5.69 Å². The minimum atomic E-state index is -0.127. The van der Waals surface area contributed by atoms with E-state index in [2.05, 4.69) is 11.4 Å². The first-order valence-corrected chi connectivity index (χ1v) is 10.8. The molecule has 1 aliphatic heterocycles. The van der Waals surface area contributed by atoms with Crippen LogP contribution in [0.2, 0.25) is 0 Å². The van der Waals surface area contributed by atoms with E-state index in [9.17, 15) is 9.59 Å². The van der Waals surface area contributed by atoms with E-state index in [0.29, 0.717) is 0 Å². The van der Waals surface area contributed by atoms with Gasteiger partial charge in [-0.3, -0.25) is 9.59 Å². The number of hydrogen-bond donors (Lipinski definition) is 1. The van der Waals surface area contributed by atoms with Crippen LogP contribution in [-0.4, -0.2) is 28.2 Å². The summed E-state index contributed by atoms with van der Waals surface area (Å²) >= 11 is 1.66. The van der Waals surface area contributed by atoms with Gasteiger partial charge < -0.3 is 10.2 Å². The first-order valence-electron chi connectivity index (χ1n) is 10.0. The third kappa shape index (κ3) is 4.32. The molecule has 0 saturated carbocycles. The molecule has 1 aliphatic rings. The number of nitrogens with zero attached hydrogens (tertiary/aromatic N) is 2. The van der Waals surface area contributed by atoms with Gasteiger partial charge in [0.1, 0.15) is 5.01 Å². The fraction of sp³-hybridized carbons (Fsp3) is 0.348. The van der Waals surface area contributed by atoms with Crippen molar-refractivity contribution in [3.8, 4) is 0 Å². The van der Waals surface area contributed by atoms with Gasteiger partial charge in [-0.25, -0.2) is 4.98 Å². The molecule has 0 spiro atoms. The number of hydrogen-bond acceptors (Lipinski definition) is 4. The van der Waals surface area contributed by atoms with E-state index in [4.69, 9.17) is 4.98 Å². The normalized spacial score (nSPS) is 16.3. The van der Waals surface area contributed by atoms with E-state index in [0.717, 1.165) is 45.9 Å². The molecule has 1 fully saturated rings. The summed E-state index contributed by atoms with van der Waals surface area (Å²) in [4.78, 5) is 31.8. The van der Waals surface area contributed by atoms with E-state index in [-0.39, 0.29) is 30.7 Å². The Bertz CT molecular complexity index is 1030. The Balaban J connectivity index is 1.37. The Morgan fingerprint density at radius 2 is 1.97 bits per heavy atom. The number of benzene rings is 2. The first kappa shape index (κ1) is 19.6. The van der Waals surface area contributed by atoms with Crippen molar-refractivity contribution < 1.29 is 9.59 Å². The predicted molar refractivity (Wildman–Crippen MR) is 117 cm³/mol. The van der Waals surface area contributed by atoms with Crippen LogP contribution in [0.1, 0.15) is 47.9 Å². The largest absolute Gasteiger partial charge is 0.333 e. The van der Waals surface area contributed by atoms with Gasteiger partial charge in [-0.15, -0.1) is 11.3 Å². The van der Waals surface area contributed by atoms with Gasteiger partial charge in [-0.1, -0.05) is 18.2 Å². The molecule has 0 unspecified atom stereocenters. The minimum absolute atomic E-state index is 0.0296. The topological polar surface area (TPSA) is 62.3 Å². The molecule has 0 bridgehead atoms. The molecular formula is C23H25N3O2S. The number of carbonyl (C=O) groups excluding carboxylic acids is 2. The van der Waals surface area contributed by atoms with Gasteiger partial charge >= 0.3 is 0 Å². The summed E-state index contributed by atoms with van der Waals surface area (Å²) in [5.41, 5.74) is 4.08. The SMILES string of the molecule is Cc1ccc(NC(=O)CCC(=O)N2CCC[C@H]2c2nc3ccccc3s2)cc1C. The van der Waals surface area contributed by atoms with E-state index >= 15 is 0 Å². The summed E-state index contributed by atoms with van der Waals surface area (Å²) < 4.78 is 1.15. The zero-order valence-corrected chi connectivity index (χ0v) is 17.6. The van der Waals surface area contributed by atoms with Gasteiger partial charge in [0.25, 0.3) is 0 Å². The number of anilines is 1. The number of amides is 2. The first-order chi connectivity index (χ1) is 14.0. The smallest absolute Gasteiger partial charge is 0.224 e. The predicted octanol–water partition coefficient (Wildman–Crippen LogP) is 5.00. The average molecular weight is 408 g/mol. The second kappa shape index (κ2) is 8.33. The van der Waals surface area contributed by atoms with Gasteiger partial charge in [0, 0.05) is 25.1 Å². The van der Waals surface area contributed by atoms with Crippen molar-refractivity contribution in [1.82, 2.24) is 9.88 Å². The van der Waals surface area contributed by atoms with Crippen LogP contribution in [0.3, 0.4) is 0 Å². The van der Waals surface area contributed by atoms with Crippen molar-refractivity contribution >= 4 is 39.1 Å². The zero-order valence-electron chi connectivity index (χ0n) is 16.8. The molecule has 6 heteroatoms. The van der Waals surface area contributed by atoms with Crippen LogP contribution in [0.15, 0.2) is 42.5 Å². The van der Waals surface area contributed by atoms with Crippen LogP contribution < -0.4 is 5.32 Å². The number of aryl methyl sites for hydroxylation is 2. The van der Waals surface area contributed by atoms with E-state index < -0.39 is 0 Å². The molecule has 150 valence electrons. The van der Waals surface area contributed by atoms with Crippen molar-refractivity contribution in [2.75, 3.05) is 11.9 Å². The van der Waals surface area contributed by atoms with Gasteiger partial charge in [-0.05, 0) is 62.1 Å². The Morgan fingerprint density at radius 3 is 2.76 bits per heavy atom. The van der Waals surface area contributed by atoms with Gasteiger partial charge in [-0.2, -0.15) is 0 Å². The molecule has 5 nitrogen and oxygen atoms in total. The van der Waals surface area contributed by atoms with Crippen LogP contribution in [0.25, 0.3) is 10.2 Å². The van der Waals surface area contributed by atoms with Crippen molar-refractivity contribution in [1.29, 1.82) is 0 Å². The van der Waals surface area contributed by atoms with E-state index in [1.165, 1.54) is 5.56 Å². The van der Waals surface area contributed by atoms with Crippen molar-refractivity contribution in [3.63, 3.8) is 0 Å². The fourth-order valence-electron chi connectivity index (χ4n) is 3.76. The maximum absolute atomic E-state index is 12.8. The van der Waals surface area contributed by atoms with Gasteiger partial charge in [0.15, 0.2) is 0 Å². The monoisotopic (exact) mass is 407 g/mol. The molecule has 29 heavy (non-hydrogen) atoms. The molecule has 1 aromatic heterocycles. The third-order valence-electron chi connectivity index (χ3n) is 5.53. The number of nitrogens with one attached hydrogen (secondary N) is 1. The standard InChI is InChI=1S/C23H25N3O2S/c1-15-9-10-17(14-16(15)2)24-21(27)11-12-22(28)26-13-5-7-19(26)23-25-18-6-3-4-8-20(18)29-23/h3-4,6,8-10,14,19H,5,7,11-13H2,1-2H3,(H,24,27)/t19-/m0/s1. The lowest BCUT2D eigenvalue weighted by atomic mass is 10.1. The van der Waals surface area contributed by atoms with Crippen LogP contribution in [-0.2, 0) is 9.59 Å². The summed E-state index contributed by atoms with van der Waals surface area (Å²) in [6, 6.07) is 13.9. The molecule has 2 heterocycles. The summed E-state index contributed by atoms with van der Waals surface area (Å²) in [5.74, 6) is -0.0978. The lowest BCUT2D eigenvalue weighted by molar-refractivity contribution is -0.133. The lowest BCUT2D eigenvalue weighted by Gasteiger charge is -2.23. The number of carbonyl (C=O) groups is 2. The Hall–Kier alpha value is -2.73. The number of likely N-dealkylation sites (tertiary alicyclic amines) is 1. The molecule has 0 aliphatic carbocycles. The van der Waals surface area contributed by atoms with Crippen molar-refractivity contribution in [2.24, 2.45) is 0 Å². The molecule has 4 rings (SSSR count). The molecule has 1 saturated heterocycles. The Morgan fingerprint density at radius 1 is 1.14 bits per heavy atom. The molecule has 0 radical (unpaired) electrons. The van der Waals surface area contributed by atoms with Crippen molar-refractivity contribution in [3.05, 3.63) is 58.6 Å². The zero-order chi connectivity index (χ0) is 20.4. The molecule has 2 amide bonds. The van der Waals surface area contributed by atoms with Crippen molar-refractivity contribution in [2.45, 2.75) is 45.6 Å². The quantitative estimate of drug-likeness (QED) is 0.648. The summed E-state index contributed by atoms with van der Waals surface area (Å²) in [5, 5.41) is 3.89. The number of aromatic nitrogens is 1. The lowest BCUT2D eigenvalue weighted by Crippen LogP contribution is -2.31. The third-order valence-corrected chi connectivity index (χ3v) is 6.66. The second-order valence-corrected chi connectivity index (χ2v) is 8.67. The van der Waals surface area contributed by atoms with Crippen LogP contribution in [0.5, 0.6) is 0 Å². The summed E-state index contributed by atoms with van der Waals surface area (Å²) in [7, 11) is 0. The Labute approximate surface area is 174 Å². The van der Waals surface area contributed by atoms with Gasteiger partial charge in [0.2, 0.25) is 11.8 Å². The highest BCUT2D eigenvalue weighted by molar-refractivity contribution is 7.18.